The topological polar surface area (TPSA) is 145 Å². The summed E-state index contributed by atoms with van der Waals surface area (Å²) in [7, 11) is 0. The molecule has 1 amide bonds. The summed E-state index contributed by atoms with van der Waals surface area (Å²) in [6.07, 6.45) is 5.38. The molecule has 1 aromatic heterocycles. The summed E-state index contributed by atoms with van der Waals surface area (Å²) in [5.74, 6) is -0.102. The van der Waals surface area contributed by atoms with Crippen LogP contribution in [0.25, 0.3) is 10.9 Å². The number of ether oxygens (including phenoxy) is 4. The molecule has 0 bridgehead atoms. The van der Waals surface area contributed by atoms with E-state index in [2.05, 4.69) is 4.90 Å². The van der Waals surface area contributed by atoms with E-state index in [1.54, 1.807) is 4.90 Å². The molecule has 12 nitrogen and oxygen atoms in total. The van der Waals surface area contributed by atoms with Gasteiger partial charge < -0.3 is 29.0 Å². The normalized spacial score (nSPS) is 30.2. The molecule has 2 aliphatic heterocycles. The average Bonchev–Trinajstić information content (AvgIpc) is 4.14. The third-order valence-electron chi connectivity index (χ3n) is 13.7. The number of rotatable bonds is 16. The van der Waals surface area contributed by atoms with Gasteiger partial charge in [-0.1, -0.05) is 45.7 Å². The van der Waals surface area contributed by atoms with Crippen LogP contribution in [-0.4, -0.2) is 108 Å². The Bertz CT molecular complexity index is 1880. The second kappa shape index (κ2) is 15.9. The Morgan fingerprint density at radius 3 is 2.42 bits per heavy atom. The highest BCUT2D eigenvalue weighted by Crippen LogP contribution is 2.58. The van der Waals surface area contributed by atoms with Crippen LogP contribution in [0.4, 0.5) is 0 Å². The number of likely N-dealkylation sites (tertiary alicyclic amines) is 1. The van der Waals surface area contributed by atoms with Gasteiger partial charge in [-0.2, -0.15) is 0 Å². The number of carboxylic acid groups (broad SMARTS) is 1. The maximum atomic E-state index is 14.7. The average molecular weight is 808 g/mol. The van der Waals surface area contributed by atoms with E-state index in [4.69, 9.17) is 35.5 Å². The zero-order valence-electron chi connectivity index (χ0n) is 33.8. The van der Waals surface area contributed by atoms with E-state index < -0.39 is 40.8 Å². The van der Waals surface area contributed by atoms with Crippen molar-refractivity contribution in [3.8, 4) is 11.5 Å². The number of nitrogens with zero attached hydrogens (tertiary/aromatic N) is 3. The van der Waals surface area contributed by atoms with E-state index >= 15 is 0 Å². The molecule has 8 atom stereocenters. The van der Waals surface area contributed by atoms with Gasteiger partial charge in [-0.25, -0.2) is 0 Å². The second-order valence-corrected chi connectivity index (χ2v) is 19.1. The second-order valence-electron chi connectivity index (χ2n) is 18.8. The molecule has 0 radical (unpaired) electrons. The molecule has 4 aliphatic carbocycles. The predicted octanol–water partition coefficient (Wildman–Crippen LogP) is 6.68. The summed E-state index contributed by atoms with van der Waals surface area (Å²) >= 11 is 7.02. The molecule has 2 unspecified atom stereocenters. The Morgan fingerprint density at radius 2 is 1.77 bits per heavy atom. The van der Waals surface area contributed by atoms with Gasteiger partial charge in [0, 0.05) is 55.5 Å². The number of carbonyl (C=O) groups excluding carboxylic acids is 3. The minimum Gasteiger partial charge on any atom is -0.491 e. The van der Waals surface area contributed by atoms with Gasteiger partial charge in [0.1, 0.15) is 35.3 Å². The molecule has 2 saturated heterocycles. The van der Waals surface area contributed by atoms with Crippen molar-refractivity contribution in [2.75, 3.05) is 46.0 Å². The molecule has 57 heavy (non-hydrogen) atoms. The van der Waals surface area contributed by atoms with Crippen molar-refractivity contribution in [3.63, 3.8) is 0 Å². The van der Waals surface area contributed by atoms with Crippen molar-refractivity contribution in [3.05, 3.63) is 28.9 Å². The molecular formula is C44H58ClN3O9. The summed E-state index contributed by atoms with van der Waals surface area (Å²) in [5.41, 5.74) is -0.288. The van der Waals surface area contributed by atoms with Gasteiger partial charge in [-0.05, 0) is 73.8 Å². The van der Waals surface area contributed by atoms with Crippen molar-refractivity contribution < 1.29 is 43.2 Å². The molecule has 6 fully saturated rings. The molecule has 1 aromatic carbocycles. The highest BCUT2D eigenvalue weighted by atomic mass is 35.5. The summed E-state index contributed by atoms with van der Waals surface area (Å²) in [6, 6.07) is 4.78. The van der Waals surface area contributed by atoms with Crippen LogP contribution >= 0.6 is 11.6 Å². The minimum absolute atomic E-state index is 0.0858. The van der Waals surface area contributed by atoms with Crippen molar-refractivity contribution in [2.45, 2.75) is 116 Å². The van der Waals surface area contributed by atoms with Crippen LogP contribution in [0.2, 0.25) is 5.02 Å². The first-order valence-corrected chi connectivity index (χ1v) is 21.6. The van der Waals surface area contributed by atoms with Crippen molar-refractivity contribution in [1.29, 1.82) is 0 Å². The number of Topliss-reactive ketones (excluding diaryl/α,β-unsaturated/α-hetero) is 1. The highest BCUT2D eigenvalue weighted by Gasteiger charge is 2.61. The monoisotopic (exact) mass is 807 g/mol. The van der Waals surface area contributed by atoms with E-state index in [0.717, 1.165) is 51.0 Å². The number of aromatic nitrogens is 1. The Hall–Kier alpha value is -3.48. The van der Waals surface area contributed by atoms with E-state index in [1.165, 1.54) is 6.42 Å². The number of amides is 1. The first-order valence-electron chi connectivity index (χ1n) is 21.2. The van der Waals surface area contributed by atoms with Gasteiger partial charge in [0.25, 0.3) is 0 Å². The maximum absolute atomic E-state index is 14.7. The van der Waals surface area contributed by atoms with E-state index in [-0.39, 0.29) is 55.4 Å². The number of pyridine rings is 1. The fourth-order valence-electron chi connectivity index (χ4n) is 9.76. The Morgan fingerprint density at radius 1 is 1.04 bits per heavy atom. The minimum atomic E-state index is -1.12. The van der Waals surface area contributed by atoms with E-state index in [9.17, 15) is 24.3 Å². The Balaban J connectivity index is 1.04. The number of carboxylic acids is 1. The van der Waals surface area contributed by atoms with Crippen LogP contribution < -0.4 is 9.47 Å². The third kappa shape index (κ3) is 8.65. The van der Waals surface area contributed by atoms with Gasteiger partial charge in [0.15, 0.2) is 5.78 Å². The van der Waals surface area contributed by atoms with Gasteiger partial charge >= 0.3 is 11.9 Å². The van der Waals surface area contributed by atoms with Crippen LogP contribution in [0.15, 0.2) is 18.2 Å². The van der Waals surface area contributed by atoms with Crippen LogP contribution in [0, 0.1) is 34.5 Å². The lowest BCUT2D eigenvalue weighted by atomic mass is 9.77. The first-order chi connectivity index (χ1) is 27.2. The third-order valence-corrected chi connectivity index (χ3v) is 14.1. The number of hydrogen-bond donors (Lipinski definition) is 1. The standard InChI is InChI=1S/C44H58ClN3O9/c1-5-28-22-44(28,42(52)53)23-35(49)34-19-30(24-48(34)41(51)32(43(2,3)4)20-38(50)57-29-17-26-16-27(26)18-29)56-37-21-33(25-6-7-25)46-40-31(37)8-9-36(39(40)45)55-15-12-47-10-13-54-14-11-47/h8-9,21,25-30,32,34H,5-7,10-20,22-24H2,1-4H3,(H,52,53)/t26-,27+,28-,29?,30-,32-,34?,44-/m1/s1. The van der Waals surface area contributed by atoms with Crippen LogP contribution in [-0.2, 0) is 28.7 Å². The van der Waals surface area contributed by atoms with Crippen molar-refractivity contribution >= 4 is 46.1 Å². The molecule has 3 heterocycles. The lowest BCUT2D eigenvalue weighted by Crippen LogP contribution is -2.48. The number of benzene rings is 1. The lowest BCUT2D eigenvalue weighted by Gasteiger charge is -2.35. The molecule has 2 aromatic rings. The number of hydrogen-bond acceptors (Lipinski definition) is 10. The first kappa shape index (κ1) is 40.3. The fourth-order valence-corrected chi connectivity index (χ4v) is 10.0. The molecule has 310 valence electrons. The maximum Gasteiger partial charge on any atom is 0.310 e. The van der Waals surface area contributed by atoms with E-state index in [1.807, 2.05) is 45.9 Å². The number of ketones is 1. The SMILES string of the molecule is CC[C@@H]1C[C@]1(CC(=O)C1C[C@@H](Oc2cc(C3CC3)nc3c(Cl)c(OCCN4CCOCC4)ccc23)CN1C(=O)[C@@H](CC(=O)OC1C[C@@H]2C[C@@H]2C1)C(C)(C)C)C(=O)O. The Labute approximate surface area is 340 Å². The smallest absolute Gasteiger partial charge is 0.310 e. The molecule has 8 rings (SSSR count). The molecule has 13 heteroatoms. The number of esters is 1. The van der Waals surface area contributed by atoms with Gasteiger partial charge in [0.05, 0.1) is 49.1 Å². The molecule has 6 aliphatic rings. The van der Waals surface area contributed by atoms with Gasteiger partial charge in [-0.15, -0.1) is 0 Å². The zero-order chi connectivity index (χ0) is 40.2. The number of carbonyl (C=O) groups is 4. The van der Waals surface area contributed by atoms with Gasteiger partial charge in [-0.3, -0.25) is 29.1 Å². The largest absolute Gasteiger partial charge is 0.491 e. The van der Waals surface area contributed by atoms with Crippen LogP contribution in [0.3, 0.4) is 0 Å². The number of aliphatic carboxylic acids is 1. The molecule has 1 N–H and O–H groups in total. The quantitative estimate of drug-likeness (QED) is 0.182. The summed E-state index contributed by atoms with van der Waals surface area (Å²) in [6.45, 7) is 12.2. The molecular weight excluding hydrogens is 750 g/mol. The summed E-state index contributed by atoms with van der Waals surface area (Å²) in [5, 5.41) is 11.3. The Kier molecular flexibility index (Phi) is 11.3. The zero-order valence-corrected chi connectivity index (χ0v) is 34.6. The highest BCUT2D eigenvalue weighted by molar-refractivity contribution is 6.36. The van der Waals surface area contributed by atoms with E-state index in [0.29, 0.717) is 71.9 Å². The van der Waals surface area contributed by atoms with Gasteiger partial charge in [0.2, 0.25) is 5.91 Å². The van der Waals surface area contributed by atoms with Crippen molar-refractivity contribution in [2.24, 2.45) is 34.5 Å². The lowest BCUT2D eigenvalue weighted by molar-refractivity contribution is -0.157. The fraction of sp³-hybridized carbons (Fsp3) is 0.705. The van der Waals surface area contributed by atoms with Crippen LogP contribution in [0.5, 0.6) is 11.5 Å². The number of morpholine rings is 1. The summed E-state index contributed by atoms with van der Waals surface area (Å²) in [4.78, 5) is 63.8. The number of halogens is 1. The van der Waals surface area contributed by atoms with Crippen molar-refractivity contribution in [1.82, 2.24) is 14.8 Å². The predicted molar refractivity (Wildman–Crippen MR) is 212 cm³/mol. The number of fused-ring (bicyclic) bond motifs is 2. The van der Waals surface area contributed by atoms with Crippen LogP contribution in [0.1, 0.15) is 104 Å². The molecule has 0 spiro atoms. The summed E-state index contributed by atoms with van der Waals surface area (Å²) < 4.78 is 24.3. The molecule has 4 saturated carbocycles.